The second-order valence-corrected chi connectivity index (χ2v) is 2.83. The molecule has 0 aromatic heterocycles. The van der Waals surface area contributed by atoms with Gasteiger partial charge in [-0.05, 0) is 13.0 Å². The molecule has 0 aromatic rings. The van der Waals surface area contributed by atoms with Gasteiger partial charge in [-0.1, -0.05) is 13.8 Å². The normalized spacial score (nSPS) is 24.4. The van der Waals surface area contributed by atoms with Crippen molar-refractivity contribution >= 4 is 5.84 Å². The van der Waals surface area contributed by atoms with Gasteiger partial charge in [-0.3, -0.25) is 0 Å². The number of aliphatic imine (C=N–C) groups is 1. The number of nitrogens with zero attached hydrogens (tertiary/aromatic N) is 1. The van der Waals surface area contributed by atoms with Crippen molar-refractivity contribution in [1.29, 1.82) is 0 Å². The molecule has 1 atom stereocenters. The number of hydrogen-bond donors (Lipinski definition) is 1. The topological polar surface area (TPSA) is 24.4 Å². The van der Waals surface area contributed by atoms with Gasteiger partial charge in [-0.2, -0.15) is 0 Å². The third kappa shape index (κ3) is 1.59. The van der Waals surface area contributed by atoms with Crippen LogP contribution in [0.4, 0.5) is 0 Å². The van der Waals surface area contributed by atoms with Crippen molar-refractivity contribution in [1.82, 2.24) is 5.32 Å². The fraction of sp³-hybridized carbons (Fsp3) is 0.625. The summed E-state index contributed by atoms with van der Waals surface area (Å²) < 4.78 is 0. The highest BCUT2D eigenvalue weighted by atomic mass is 15.0. The number of hydrogen-bond acceptors (Lipinski definition) is 2. The van der Waals surface area contributed by atoms with E-state index in [-0.39, 0.29) is 0 Å². The van der Waals surface area contributed by atoms with Gasteiger partial charge in [0.25, 0.3) is 0 Å². The minimum Gasteiger partial charge on any atom is -0.367 e. The second kappa shape index (κ2) is 2.86. The van der Waals surface area contributed by atoms with Gasteiger partial charge in [0.2, 0.25) is 0 Å². The molecule has 1 radical (unpaired) electrons. The van der Waals surface area contributed by atoms with E-state index in [1.165, 1.54) is 0 Å². The van der Waals surface area contributed by atoms with E-state index >= 15 is 0 Å². The summed E-state index contributed by atoms with van der Waals surface area (Å²) in [6, 6.07) is 0.315. The van der Waals surface area contributed by atoms with E-state index in [0.29, 0.717) is 12.0 Å². The predicted molar refractivity (Wildman–Crippen MR) is 42.7 cm³/mol. The van der Waals surface area contributed by atoms with E-state index in [9.17, 15) is 0 Å². The largest absolute Gasteiger partial charge is 0.367 e. The Morgan fingerprint density at radius 3 is 2.80 bits per heavy atom. The van der Waals surface area contributed by atoms with E-state index in [2.05, 4.69) is 37.2 Å². The molecule has 1 aliphatic rings. The SMILES string of the molecule is CC1[C]=CN=C(C(C)C)N1. The molecular formula is C8H13N2. The van der Waals surface area contributed by atoms with E-state index in [0.717, 1.165) is 5.84 Å². The Morgan fingerprint density at radius 2 is 2.40 bits per heavy atom. The average molecular weight is 137 g/mol. The summed E-state index contributed by atoms with van der Waals surface area (Å²) in [6.07, 6.45) is 4.79. The monoisotopic (exact) mass is 137 g/mol. The van der Waals surface area contributed by atoms with Crippen LogP contribution in [0.3, 0.4) is 0 Å². The van der Waals surface area contributed by atoms with Crippen molar-refractivity contribution in [2.75, 3.05) is 0 Å². The minimum atomic E-state index is 0.315. The van der Waals surface area contributed by atoms with Gasteiger partial charge in [0.05, 0.1) is 6.04 Å². The Balaban J connectivity index is 2.61. The van der Waals surface area contributed by atoms with Crippen molar-refractivity contribution in [3.05, 3.63) is 12.3 Å². The molecule has 1 aliphatic heterocycles. The first kappa shape index (κ1) is 7.32. The van der Waals surface area contributed by atoms with Crippen LogP contribution in [0.15, 0.2) is 11.2 Å². The average Bonchev–Trinajstić information content (AvgIpc) is 1.88. The maximum absolute atomic E-state index is 4.15. The van der Waals surface area contributed by atoms with Crippen LogP contribution in [-0.4, -0.2) is 11.9 Å². The molecule has 55 valence electrons. The van der Waals surface area contributed by atoms with Gasteiger partial charge in [0, 0.05) is 12.1 Å². The van der Waals surface area contributed by atoms with Crippen LogP contribution in [0.2, 0.25) is 0 Å². The molecule has 2 nitrogen and oxygen atoms in total. The van der Waals surface area contributed by atoms with Gasteiger partial charge in [0.15, 0.2) is 0 Å². The van der Waals surface area contributed by atoms with E-state index in [4.69, 9.17) is 0 Å². The molecule has 2 heteroatoms. The smallest absolute Gasteiger partial charge is 0.105 e. The van der Waals surface area contributed by atoms with Crippen LogP contribution in [0, 0.1) is 12.0 Å². The van der Waals surface area contributed by atoms with Gasteiger partial charge < -0.3 is 5.32 Å². The Labute approximate surface area is 62.0 Å². The predicted octanol–water partition coefficient (Wildman–Crippen LogP) is 1.35. The maximum Gasteiger partial charge on any atom is 0.105 e. The third-order valence-electron chi connectivity index (χ3n) is 1.44. The Bertz CT molecular complexity index is 168. The van der Waals surface area contributed by atoms with Gasteiger partial charge in [-0.25, -0.2) is 4.99 Å². The van der Waals surface area contributed by atoms with Crippen LogP contribution in [0.1, 0.15) is 20.8 Å². The lowest BCUT2D eigenvalue weighted by molar-refractivity contribution is 0.712. The fourth-order valence-electron chi connectivity index (χ4n) is 0.835. The summed E-state index contributed by atoms with van der Waals surface area (Å²) in [5.74, 6) is 1.55. The molecule has 1 N–H and O–H groups in total. The summed E-state index contributed by atoms with van der Waals surface area (Å²) >= 11 is 0. The molecule has 0 amide bonds. The Hall–Kier alpha value is -0.790. The molecule has 0 saturated heterocycles. The van der Waals surface area contributed by atoms with Gasteiger partial charge in [0.1, 0.15) is 5.84 Å². The van der Waals surface area contributed by atoms with Crippen LogP contribution in [0.25, 0.3) is 0 Å². The second-order valence-electron chi connectivity index (χ2n) is 2.83. The van der Waals surface area contributed by atoms with Crippen molar-refractivity contribution in [3.8, 4) is 0 Å². The zero-order valence-corrected chi connectivity index (χ0v) is 6.68. The zero-order chi connectivity index (χ0) is 7.56. The first-order chi connectivity index (χ1) is 4.70. The van der Waals surface area contributed by atoms with Crippen LogP contribution in [-0.2, 0) is 0 Å². The van der Waals surface area contributed by atoms with E-state index < -0.39 is 0 Å². The zero-order valence-electron chi connectivity index (χ0n) is 6.68. The quantitative estimate of drug-likeness (QED) is 0.579. The van der Waals surface area contributed by atoms with Crippen molar-refractivity contribution in [3.63, 3.8) is 0 Å². The number of amidine groups is 1. The molecular weight excluding hydrogens is 124 g/mol. The molecule has 1 unspecified atom stereocenters. The number of rotatable bonds is 1. The van der Waals surface area contributed by atoms with Gasteiger partial charge in [-0.15, -0.1) is 0 Å². The van der Waals surface area contributed by atoms with Crippen LogP contribution >= 0.6 is 0 Å². The summed E-state index contributed by atoms with van der Waals surface area (Å²) in [7, 11) is 0. The maximum atomic E-state index is 4.15. The van der Waals surface area contributed by atoms with Crippen LogP contribution in [0.5, 0.6) is 0 Å². The Morgan fingerprint density at radius 1 is 1.70 bits per heavy atom. The molecule has 0 bridgehead atoms. The van der Waals surface area contributed by atoms with Crippen molar-refractivity contribution in [2.24, 2.45) is 10.9 Å². The third-order valence-corrected chi connectivity index (χ3v) is 1.44. The standard InChI is InChI=1S/C8H13N2/c1-6(2)8-9-5-4-7(3)10-8/h5-7H,1-3H3,(H,9,10). The highest BCUT2D eigenvalue weighted by Gasteiger charge is 2.09. The summed E-state index contributed by atoms with van der Waals surface area (Å²) in [5.41, 5.74) is 0. The molecule has 0 aliphatic carbocycles. The summed E-state index contributed by atoms with van der Waals surface area (Å²) in [5, 5.41) is 3.22. The molecule has 0 saturated carbocycles. The van der Waals surface area contributed by atoms with Crippen LogP contribution < -0.4 is 5.32 Å². The first-order valence-electron chi connectivity index (χ1n) is 3.62. The van der Waals surface area contributed by atoms with Crippen molar-refractivity contribution < 1.29 is 0 Å². The molecule has 0 spiro atoms. The lowest BCUT2D eigenvalue weighted by atomic mass is 10.1. The van der Waals surface area contributed by atoms with E-state index in [1.807, 2.05) is 0 Å². The lowest BCUT2D eigenvalue weighted by Crippen LogP contribution is -2.36. The summed E-state index contributed by atoms with van der Waals surface area (Å²) in [4.78, 5) is 4.15. The molecule has 1 heterocycles. The van der Waals surface area contributed by atoms with Gasteiger partial charge >= 0.3 is 0 Å². The first-order valence-corrected chi connectivity index (χ1v) is 3.62. The Kier molecular flexibility index (Phi) is 2.10. The molecule has 0 aromatic carbocycles. The fourth-order valence-corrected chi connectivity index (χ4v) is 0.835. The number of nitrogens with one attached hydrogen (secondary N) is 1. The highest BCUT2D eigenvalue weighted by Crippen LogP contribution is 2.01. The van der Waals surface area contributed by atoms with Crippen molar-refractivity contribution in [2.45, 2.75) is 26.8 Å². The minimum absolute atomic E-state index is 0.315. The summed E-state index contributed by atoms with van der Waals surface area (Å²) in [6.45, 7) is 6.31. The van der Waals surface area contributed by atoms with E-state index in [1.54, 1.807) is 6.20 Å². The molecule has 0 fully saturated rings. The highest BCUT2D eigenvalue weighted by molar-refractivity contribution is 5.85. The molecule has 10 heavy (non-hydrogen) atoms. The lowest BCUT2D eigenvalue weighted by Gasteiger charge is -2.18. The molecule has 1 rings (SSSR count).